The van der Waals surface area contributed by atoms with Crippen molar-refractivity contribution in [2.45, 2.75) is 0 Å². The first-order chi connectivity index (χ1) is 10.0. The second-order valence-electron chi connectivity index (χ2n) is 4.10. The quantitative estimate of drug-likeness (QED) is 0.523. The zero-order chi connectivity index (χ0) is 15.4. The highest BCUT2D eigenvalue weighted by Gasteiger charge is 2.10. The van der Waals surface area contributed by atoms with Gasteiger partial charge in [-0.2, -0.15) is 0 Å². The van der Waals surface area contributed by atoms with E-state index in [0.29, 0.717) is 27.0 Å². The van der Waals surface area contributed by atoms with E-state index >= 15 is 0 Å². The lowest BCUT2D eigenvalue weighted by Crippen LogP contribution is -2.11. The molecule has 0 aliphatic heterocycles. The Labute approximate surface area is 131 Å². The maximum absolute atomic E-state index is 10.6. The lowest BCUT2D eigenvalue weighted by atomic mass is 10.2. The van der Waals surface area contributed by atoms with Gasteiger partial charge >= 0.3 is 0 Å². The Bertz CT molecular complexity index is 689. The second kappa shape index (κ2) is 6.51. The van der Waals surface area contributed by atoms with Crippen LogP contribution in [0.4, 0.5) is 11.4 Å². The van der Waals surface area contributed by atoms with Crippen molar-refractivity contribution in [2.24, 2.45) is 0 Å². The standard InChI is InChI=1S/C14H11ClN2O3S/c1-20-13-8-9(15)2-7-12(13)14(21)16-10-3-5-11(6-4-10)17(18)19/h2-8H,1H3,(H,16,21). The van der Waals surface area contributed by atoms with Gasteiger partial charge in [0.2, 0.25) is 0 Å². The molecule has 2 aromatic rings. The van der Waals surface area contributed by atoms with Crippen molar-refractivity contribution in [2.75, 3.05) is 12.4 Å². The smallest absolute Gasteiger partial charge is 0.269 e. The van der Waals surface area contributed by atoms with E-state index in [1.165, 1.54) is 19.2 Å². The number of nitro benzene ring substituents is 1. The van der Waals surface area contributed by atoms with Gasteiger partial charge in [0, 0.05) is 22.8 Å². The maximum atomic E-state index is 10.6. The number of anilines is 1. The Morgan fingerprint density at radius 1 is 1.29 bits per heavy atom. The molecule has 0 heterocycles. The molecule has 1 N–H and O–H groups in total. The van der Waals surface area contributed by atoms with Crippen LogP contribution in [0.3, 0.4) is 0 Å². The van der Waals surface area contributed by atoms with E-state index in [4.69, 9.17) is 28.6 Å². The number of hydrogen-bond acceptors (Lipinski definition) is 4. The first-order valence-electron chi connectivity index (χ1n) is 5.90. The SMILES string of the molecule is COc1cc(Cl)ccc1C(=S)Nc1ccc([N+](=O)[O-])cc1. The Balaban J connectivity index is 2.19. The summed E-state index contributed by atoms with van der Waals surface area (Å²) in [5.74, 6) is 0.557. The van der Waals surface area contributed by atoms with Crippen molar-refractivity contribution >= 4 is 40.2 Å². The van der Waals surface area contributed by atoms with Crippen molar-refractivity contribution in [3.63, 3.8) is 0 Å². The molecule has 0 amide bonds. The molecule has 0 spiro atoms. The number of non-ortho nitro benzene ring substituents is 1. The molecule has 0 aromatic heterocycles. The molecule has 7 heteroatoms. The van der Waals surface area contributed by atoms with Crippen LogP contribution in [0, 0.1) is 10.1 Å². The third-order valence-corrected chi connectivity index (χ3v) is 3.30. The highest BCUT2D eigenvalue weighted by molar-refractivity contribution is 7.81. The predicted octanol–water partition coefficient (Wildman–Crippen LogP) is 4.04. The molecule has 0 radical (unpaired) electrons. The molecule has 0 aliphatic carbocycles. The average Bonchev–Trinajstić information content (AvgIpc) is 2.47. The predicted molar refractivity (Wildman–Crippen MR) is 86.4 cm³/mol. The highest BCUT2D eigenvalue weighted by Crippen LogP contribution is 2.25. The lowest BCUT2D eigenvalue weighted by Gasteiger charge is -2.12. The fourth-order valence-corrected chi connectivity index (χ4v) is 2.17. The fourth-order valence-electron chi connectivity index (χ4n) is 1.72. The highest BCUT2D eigenvalue weighted by atomic mass is 35.5. The van der Waals surface area contributed by atoms with Gasteiger partial charge in [-0.3, -0.25) is 10.1 Å². The van der Waals surface area contributed by atoms with E-state index in [2.05, 4.69) is 5.32 Å². The topological polar surface area (TPSA) is 64.4 Å². The molecule has 0 aliphatic rings. The number of nitro groups is 1. The van der Waals surface area contributed by atoms with E-state index in [1.807, 2.05) is 0 Å². The fraction of sp³-hybridized carbons (Fsp3) is 0.0714. The van der Waals surface area contributed by atoms with E-state index in [0.717, 1.165) is 0 Å². The molecule has 2 rings (SSSR count). The molecule has 2 aromatic carbocycles. The van der Waals surface area contributed by atoms with E-state index < -0.39 is 4.92 Å². The van der Waals surface area contributed by atoms with Crippen molar-refractivity contribution in [3.05, 3.63) is 63.2 Å². The van der Waals surface area contributed by atoms with Gasteiger partial charge in [-0.05, 0) is 30.3 Å². The van der Waals surface area contributed by atoms with E-state index in [1.54, 1.807) is 30.3 Å². The molecular formula is C14H11ClN2O3S. The first-order valence-corrected chi connectivity index (χ1v) is 6.69. The normalized spacial score (nSPS) is 10.0. The minimum absolute atomic E-state index is 0.0236. The van der Waals surface area contributed by atoms with Gasteiger partial charge in [-0.1, -0.05) is 23.8 Å². The summed E-state index contributed by atoms with van der Waals surface area (Å²) >= 11 is 11.2. The zero-order valence-corrected chi connectivity index (χ0v) is 12.6. The van der Waals surface area contributed by atoms with Gasteiger partial charge in [0.1, 0.15) is 10.7 Å². The number of thiocarbonyl (C=S) groups is 1. The van der Waals surface area contributed by atoms with Crippen LogP contribution in [0.2, 0.25) is 5.02 Å². The number of methoxy groups -OCH3 is 1. The van der Waals surface area contributed by atoms with Crippen molar-refractivity contribution in [1.82, 2.24) is 0 Å². The Morgan fingerprint density at radius 3 is 2.52 bits per heavy atom. The molecule has 0 atom stereocenters. The summed E-state index contributed by atoms with van der Waals surface area (Å²) in [6.07, 6.45) is 0. The number of halogens is 1. The largest absolute Gasteiger partial charge is 0.496 e. The minimum atomic E-state index is -0.454. The van der Waals surface area contributed by atoms with Gasteiger partial charge in [0.15, 0.2) is 0 Å². The summed E-state index contributed by atoms with van der Waals surface area (Å²) in [5, 5.41) is 14.2. The molecule has 108 valence electrons. The van der Waals surface area contributed by atoms with Crippen LogP contribution in [0.5, 0.6) is 5.75 Å². The van der Waals surface area contributed by atoms with Crippen LogP contribution >= 0.6 is 23.8 Å². The summed E-state index contributed by atoms with van der Waals surface area (Å²) < 4.78 is 5.23. The summed E-state index contributed by atoms with van der Waals surface area (Å²) in [6, 6.07) is 11.1. The molecule has 0 fully saturated rings. The van der Waals surface area contributed by atoms with Gasteiger partial charge < -0.3 is 10.1 Å². The number of rotatable bonds is 4. The first kappa shape index (κ1) is 15.2. The molecule has 0 saturated carbocycles. The number of benzene rings is 2. The molecule has 0 saturated heterocycles. The zero-order valence-electron chi connectivity index (χ0n) is 11.0. The molecular weight excluding hydrogens is 312 g/mol. The van der Waals surface area contributed by atoms with Crippen LogP contribution in [0.1, 0.15) is 5.56 Å². The number of ether oxygens (including phenoxy) is 1. The van der Waals surface area contributed by atoms with Gasteiger partial charge in [0.05, 0.1) is 17.6 Å². The number of hydrogen-bond donors (Lipinski definition) is 1. The van der Waals surface area contributed by atoms with Crippen molar-refractivity contribution < 1.29 is 9.66 Å². The van der Waals surface area contributed by atoms with Gasteiger partial charge in [0.25, 0.3) is 5.69 Å². The van der Waals surface area contributed by atoms with Crippen LogP contribution in [-0.2, 0) is 0 Å². The Hall–Kier alpha value is -2.18. The Morgan fingerprint density at radius 2 is 1.95 bits per heavy atom. The molecule has 21 heavy (non-hydrogen) atoms. The van der Waals surface area contributed by atoms with Crippen LogP contribution in [0.15, 0.2) is 42.5 Å². The lowest BCUT2D eigenvalue weighted by molar-refractivity contribution is -0.384. The van der Waals surface area contributed by atoms with Crippen molar-refractivity contribution in [3.8, 4) is 5.75 Å². The third kappa shape index (κ3) is 3.68. The second-order valence-corrected chi connectivity index (χ2v) is 4.95. The summed E-state index contributed by atoms with van der Waals surface area (Å²) in [7, 11) is 1.53. The average molecular weight is 323 g/mol. The number of nitrogens with one attached hydrogen (secondary N) is 1. The van der Waals surface area contributed by atoms with Crippen LogP contribution < -0.4 is 10.1 Å². The van der Waals surface area contributed by atoms with Crippen LogP contribution in [0.25, 0.3) is 0 Å². The summed E-state index contributed by atoms with van der Waals surface area (Å²) in [5.41, 5.74) is 1.37. The van der Waals surface area contributed by atoms with Gasteiger partial charge in [-0.25, -0.2) is 0 Å². The van der Waals surface area contributed by atoms with Crippen molar-refractivity contribution in [1.29, 1.82) is 0 Å². The molecule has 0 bridgehead atoms. The monoisotopic (exact) mass is 322 g/mol. The number of nitrogens with zero attached hydrogens (tertiary/aromatic N) is 1. The minimum Gasteiger partial charge on any atom is -0.496 e. The third-order valence-electron chi connectivity index (χ3n) is 2.74. The van der Waals surface area contributed by atoms with E-state index in [-0.39, 0.29) is 5.69 Å². The summed E-state index contributed by atoms with van der Waals surface area (Å²) in [4.78, 5) is 10.6. The van der Waals surface area contributed by atoms with Crippen LogP contribution in [-0.4, -0.2) is 17.0 Å². The Kier molecular flexibility index (Phi) is 4.72. The summed E-state index contributed by atoms with van der Waals surface area (Å²) in [6.45, 7) is 0. The maximum Gasteiger partial charge on any atom is 0.269 e. The van der Waals surface area contributed by atoms with E-state index in [9.17, 15) is 10.1 Å². The van der Waals surface area contributed by atoms with Gasteiger partial charge in [-0.15, -0.1) is 0 Å². The molecule has 5 nitrogen and oxygen atoms in total. The molecule has 0 unspecified atom stereocenters.